The van der Waals surface area contributed by atoms with Gasteiger partial charge in [-0.05, 0) is 32.9 Å². The molecule has 0 fully saturated rings. The van der Waals surface area contributed by atoms with Crippen molar-refractivity contribution in [2.45, 2.75) is 31.8 Å². The second-order valence-electron chi connectivity index (χ2n) is 5.08. The fraction of sp³-hybridized carbons (Fsp3) is 0.500. The van der Waals surface area contributed by atoms with Gasteiger partial charge in [0, 0.05) is 24.3 Å². The average molecular weight is 334 g/mol. The molecule has 0 N–H and O–H groups in total. The van der Waals surface area contributed by atoms with Crippen LogP contribution in [0.15, 0.2) is 23.1 Å². The van der Waals surface area contributed by atoms with Crippen molar-refractivity contribution < 1.29 is 17.9 Å². The molecule has 0 unspecified atom stereocenters. The van der Waals surface area contributed by atoms with Crippen molar-refractivity contribution in [1.82, 2.24) is 4.90 Å². The van der Waals surface area contributed by atoms with Gasteiger partial charge in [0.2, 0.25) is 0 Å². The van der Waals surface area contributed by atoms with Gasteiger partial charge >= 0.3 is 0 Å². The Bertz CT molecular complexity index is 613. The lowest BCUT2D eigenvalue weighted by atomic mass is 10.1. The molecule has 0 aliphatic rings. The molecule has 0 heterocycles. The van der Waals surface area contributed by atoms with Gasteiger partial charge in [0.1, 0.15) is 0 Å². The van der Waals surface area contributed by atoms with Gasteiger partial charge in [-0.2, -0.15) is 0 Å². The minimum atomic E-state index is -3.97. The smallest absolute Gasteiger partial charge is 0.262 e. The number of aryl methyl sites for hydroxylation is 1. The molecule has 0 saturated carbocycles. The molecule has 21 heavy (non-hydrogen) atoms. The predicted molar refractivity (Wildman–Crippen MR) is 82.3 cm³/mol. The SMILES string of the molecule is Cc1ccc(S(=O)(=O)Cl)c(C(=O)N(C)CCOC(C)C)c1. The lowest BCUT2D eigenvalue weighted by molar-refractivity contribution is 0.0530. The van der Waals surface area contributed by atoms with Gasteiger partial charge < -0.3 is 9.64 Å². The first kappa shape index (κ1) is 17.9. The number of carbonyl (C=O) groups is 1. The number of hydrogen-bond acceptors (Lipinski definition) is 4. The van der Waals surface area contributed by atoms with Crippen LogP contribution in [0.25, 0.3) is 0 Å². The first-order valence-electron chi connectivity index (χ1n) is 6.55. The van der Waals surface area contributed by atoms with E-state index in [-0.39, 0.29) is 16.6 Å². The van der Waals surface area contributed by atoms with Crippen LogP contribution in [0.1, 0.15) is 29.8 Å². The van der Waals surface area contributed by atoms with Gasteiger partial charge in [0.05, 0.1) is 23.2 Å². The van der Waals surface area contributed by atoms with Gasteiger partial charge in [-0.3, -0.25) is 4.79 Å². The zero-order chi connectivity index (χ0) is 16.2. The first-order valence-corrected chi connectivity index (χ1v) is 8.86. The molecule has 0 atom stereocenters. The summed E-state index contributed by atoms with van der Waals surface area (Å²) in [4.78, 5) is 13.6. The van der Waals surface area contributed by atoms with E-state index >= 15 is 0 Å². The molecule has 118 valence electrons. The highest BCUT2D eigenvalue weighted by molar-refractivity contribution is 8.13. The molecule has 1 aromatic carbocycles. The standard InChI is InChI=1S/C14H20ClNO4S/c1-10(2)20-8-7-16(4)14(17)12-9-11(3)5-6-13(12)21(15,18)19/h5-6,9-10H,7-8H2,1-4H3. The van der Waals surface area contributed by atoms with E-state index in [0.29, 0.717) is 13.2 Å². The third-order valence-electron chi connectivity index (χ3n) is 2.85. The Hall–Kier alpha value is -1.11. The molecule has 1 rings (SSSR count). The average Bonchev–Trinajstić information content (AvgIpc) is 2.35. The predicted octanol–water partition coefficient (Wildman–Crippen LogP) is 2.42. The summed E-state index contributed by atoms with van der Waals surface area (Å²) in [5.74, 6) is -0.398. The summed E-state index contributed by atoms with van der Waals surface area (Å²) in [5.41, 5.74) is 0.867. The molecule has 7 heteroatoms. The van der Waals surface area contributed by atoms with Crippen molar-refractivity contribution in [2.24, 2.45) is 0 Å². The number of halogens is 1. The van der Waals surface area contributed by atoms with Gasteiger partial charge in [-0.25, -0.2) is 8.42 Å². The summed E-state index contributed by atoms with van der Waals surface area (Å²) in [6.45, 7) is 6.34. The van der Waals surface area contributed by atoms with Crippen LogP contribution in [0.5, 0.6) is 0 Å². The van der Waals surface area contributed by atoms with E-state index < -0.39 is 15.0 Å². The van der Waals surface area contributed by atoms with Crippen molar-refractivity contribution in [3.63, 3.8) is 0 Å². The number of amides is 1. The normalized spacial score (nSPS) is 11.7. The highest BCUT2D eigenvalue weighted by atomic mass is 35.7. The summed E-state index contributed by atoms with van der Waals surface area (Å²) in [6.07, 6.45) is 0.0752. The number of ether oxygens (including phenoxy) is 1. The van der Waals surface area contributed by atoms with Gasteiger partial charge in [0.25, 0.3) is 15.0 Å². The molecule has 0 aromatic heterocycles. The highest BCUT2D eigenvalue weighted by Crippen LogP contribution is 2.22. The second kappa shape index (κ2) is 7.24. The summed E-state index contributed by atoms with van der Waals surface area (Å²) in [7, 11) is 3.01. The maximum absolute atomic E-state index is 12.4. The Morgan fingerprint density at radius 1 is 1.38 bits per heavy atom. The minimum absolute atomic E-state index is 0.0752. The molecule has 0 aliphatic carbocycles. The molecule has 5 nitrogen and oxygen atoms in total. The molecule has 1 amide bonds. The van der Waals surface area contributed by atoms with Crippen LogP contribution in [0.4, 0.5) is 0 Å². The van der Waals surface area contributed by atoms with Crippen LogP contribution in [-0.2, 0) is 13.8 Å². The Kier molecular flexibility index (Phi) is 6.19. The maximum Gasteiger partial charge on any atom is 0.262 e. The third kappa shape index (κ3) is 5.30. The maximum atomic E-state index is 12.4. The van der Waals surface area contributed by atoms with Crippen LogP contribution < -0.4 is 0 Å². The Morgan fingerprint density at radius 2 is 2.00 bits per heavy atom. The van der Waals surface area contributed by atoms with E-state index in [1.807, 2.05) is 13.8 Å². The lowest BCUT2D eigenvalue weighted by Gasteiger charge is -2.19. The van der Waals surface area contributed by atoms with E-state index in [1.165, 1.54) is 17.0 Å². The van der Waals surface area contributed by atoms with Crippen LogP contribution in [0.2, 0.25) is 0 Å². The summed E-state index contributed by atoms with van der Waals surface area (Å²) in [6, 6.07) is 4.48. The van der Waals surface area contributed by atoms with Crippen LogP contribution in [0, 0.1) is 6.92 Å². The van der Waals surface area contributed by atoms with Crippen molar-refractivity contribution in [1.29, 1.82) is 0 Å². The lowest BCUT2D eigenvalue weighted by Crippen LogP contribution is -2.31. The summed E-state index contributed by atoms with van der Waals surface area (Å²) in [5, 5.41) is 0. The van der Waals surface area contributed by atoms with Gasteiger partial charge in [-0.1, -0.05) is 11.6 Å². The van der Waals surface area contributed by atoms with Crippen molar-refractivity contribution >= 4 is 25.6 Å². The first-order chi connectivity index (χ1) is 9.62. The topological polar surface area (TPSA) is 63.7 Å². The molecule has 1 aromatic rings. The Morgan fingerprint density at radius 3 is 2.52 bits per heavy atom. The quantitative estimate of drug-likeness (QED) is 0.750. The van der Waals surface area contributed by atoms with E-state index in [2.05, 4.69) is 0 Å². The third-order valence-corrected chi connectivity index (χ3v) is 4.23. The van der Waals surface area contributed by atoms with E-state index in [1.54, 1.807) is 20.0 Å². The zero-order valence-corrected chi connectivity index (χ0v) is 14.2. The largest absolute Gasteiger partial charge is 0.377 e. The number of nitrogens with zero attached hydrogens (tertiary/aromatic N) is 1. The molecule has 0 saturated heterocycles. The molecule has 0 aliphatic heterocycles. The van der Waals surface area contributed by atoms with Crippen molar-refractivity contribution in [3.8, 4) is 0 Å². The Labute approximate surface area is 130 Å². The Balaban J connectivity index is 2.98. The molecule has 0 spiro atoms. The molecular weight excluding hydrogens is 314 g/mol. The van der Waals surface area contributed by atoms with Crippen LogP contribution >= 0.6 is 10.7 Å². The van der Waals surface area contributed by atoms with Crippen molar-refractivity contribution in [2.75, 3.05) is 20.2 Å². The zero-order valence-electron chi connectivity index (χ0n) is 12.6. The van der Waals surface area contributed by atoms with Gasteiger partial charge in [0.15, 0.2) is 0 Å². The highest BCUT2D eigenvalue weighted by Gasteiger charge is 2.22. The summed E-state index contributed by atoms with van der Waals surface area (Å²) >= 11 is 0. The fourth-order valence-corrected chi connectivity index (χ4v) is 2.80. The number of carbonyl (C=O) groups excluding carboxylic acids is 1. The number of hydrogen-bond donors (Lipinski definition) is 0. The molecule has 0 bridgehead atoms. The van der Waals surface area contributed by atoms with E-state index in [0.717, 1.165) is 5.56 Å². The number of likely N-dealkylation sites (N-methyl/N-ethyl adjacent to an activating group) is 1. The van der Waals surface area contributed by atoms with Crippen LogP contribution in [-0.4, -0.2) is 45.5 Å². The second-order valence-corrected chi connectivity index (χ2v) is 7.62. The monoisotopic (exact) mass is 333 g/mol. The summed E-state index contributed by atoms with van der Waals surface area (Å²) < 4.78 is 28.5. The molecular formula is C14H20ClNO4S. The van der Waals surface area contributed by atoms with Crippen molar-refractivity contribution in [3.05, 3.63) is 29.3 Å². The fourth-order valence-electron chi connectivity index (χ4n) is 1.76. The number of benzene rings is 1. The van der Waals surface area contributed by atoms with E-state index in [4.69, 9.17) is 15.4 Å². The molecule has 0 radical (unpaired) electrons. The van der Waals surface area contributed by atoms with Crippen LogP contribution in [0.3, 0.4) is 0 Å². The minimum Gasteiger partial charge on any atom is -0.377 e. The van der Waals surface area contributed by atoms with Gasteiger partial charge in [-0.15, -0.1) is 0 Å². The number of rotatable bonds is 6. The van der Waals surface area contributed by atoms with E-state index in [9.17, 15) is 13.2 Å².